The van der Waals surface area contributed by atoms with Gasteiger partial charge in [-0.05, 0) is 38.0 Å². The van der Waals surface area contributed by atoms with E-state index in [1.807, 2.05) is 17.0 Å². The number of ether oxygens (including phenoxy) is 2. The fraction of sp³-hybridized carbons (Fsp3) is 0.611. The average molecular weight is 544 g/mol. The molecule has 1 N–H and O–H groups in total. The molecule has 0 radical (unpaired) electrons. The molecule has 1 aromatic carbocycles. The minimum Gasteiger partial charge on any atom is -0.486 e. The molecule has 2 aliphatic heterocycles. The van der Waals surface area contributed by atoms with Gasteiger partial charge in [0, 0.05) is 26.7 Å². The first-order chi connectivity index (χ1) is 12.7. The normalized spacial score (nSPS) is 20.3. The van der Waals surface area contributed by atoms with Gasteiger partial charge in [0.25, 0.3) is 0 Å². The molecule has 10 heteroatoms. The first-order valence-corrected chi connectivity index (χ1v) is 11.0. The van der Waals surface area contributed by atoms with Crippen LogP contribution in [0.5, 0.6) is 11.5 Å². The lowest BCUT2D eigenvalue weighted by Gasteiger charge is -2.39. The van der Waals surface area contributed by atoms with E-state index in [4.69, 9.17) is 21.1 Å². The number of fused-ring (bicyclic) bond motifs is 1. The van der Waals surface area contributed by atoms with Crippen molar-refractivity contribution in [3.8, 4) is 11.5 Å². The number of nitrogens with zero attached hydrogens (tertiary/aromatic N) is 2. The van der Waals surface area contributed by atoms with E-state index >= 15 is 0 Å². The van der Waals surface area contributed by atoms with Crippen molar-refractivity contribution in [3.05, 3.63) is 22.7 Å². The van der Waals surface area contributed by atoms with E-state index in [1.165, 1.54) is 0 Å². The summed E-state index contributed by atoms with van der Waals surface area (Å²) in [5.74, 6) is 2.13. The Hall–Kier alpha value is -0.940. The summed E-state index contributed by atoms with van der Waals surface area (Å²) in [7, 11) is -1.37. The van der Waals surface area contributed by atoms with Crippen molar-refractivity contribution in [2.75, 3.05) is 45.6 Å². The summed E-state index contributed by atoms with van der Waals surface area (Å²) in [6.45, 7) is 6.06. The maximum atomic E-state index is 12.2. The maximum absolute atomic E-state index is 12.2. The van der Waals surface area contributed by atoms with Crippen LogP contribution in [0.25, 0.3) is 0 Å². The second kappa shape index (κ2) is 9.25. The number of nitrogens with one attached hydrogen (secondary N) is 1. The SMILES string of the molecule is CN=C(NCCc1cc(Cl)c2c(c1)OCCO2)N1CCS(=O)(=O)C(C)(C)C1.I. The summed E-state index contributed by atoms with van der Waals surface area (Å²) in [6, 6.07) is 3.83. The van der Waals surface area contributed by atoms with Gasteiger partial charge in [-0.15, -0.1) is 24.0 Å². The molecule has 2 heterocycles. The van der Waals surface area contributed by atoms with Crippen LogP contribution in [0.1, 0.15) is 19.4 Å². The summed E-state index contributed by atoms with van der Waals surface area (Å²) in [6.07, 6.45) is 0.727. The van der Waals surface area contributed by atoms with Crippen molar-refractivity contribution >= 4 is 51.4 Å². The zero-order valence-electron chi connectivity index (χ0n) is 16.3. The van der Waals surface area contributed by atoms with Gasteiger partial charge in [0.1, 0.15) is 13.2 Å². The third-order valence-corrected chi connectivity index (χ3v) is 7.72. The van der Waals surface area contributed by atoms with Crippen LogP contribution in [0.3, 0.4) is 0 Å². The Labute approximate surface area is 188 Å². The third-order valence-electron chi connectivity index (χ3n) is 4.91. The van der Waals surface area contributed by atoms with Crippen molar-refractivity contribution in [2.24, 2.45) is 4.99 Å². The lowest BCUT2D eigenvalue weighted by atomic mass is 10.1. The molecule has 158 valence electrons. The highest BCUT2D eigenvalue weighted by atomic mass is 127. The Kier molecular flexibility index (Phi) is 7.71. The van der Waals surface area contributed by atoms with Gasteiger partial charge in [0.15, 0.2) is 27.3 Å². The fourth-order valence-electron chi connectivity index (χ4n) is 3.28. The number of guanidine groups is 1. The van der Waals surface area contributed by atoms with Gasteiger partial charge in [-0.25, -0.2) is 8.42 Å². The lowest BCUT2D eigenvalue weighted by Crippen LogP contribution is -2.57. The molecule has 1 aromatic rings. The van der Waals surface area contributed by atoms with Gasteiger partial charge in [-0.1, -0.05) is 11.6 Å². The molecule has 0 aromatic heterocycles. The van der Waals surface area contributed by atoms with Crippen molar-refractivity contribution in [1.29, 1.82) is 0 Å². The van der Waals surface area contributed by atoms with Crippen LogP contribution in [0.15, 0.2) is 17.1 Å². The average Bonchev–Trinajstić information content (AvgIpc) is 2.61. The van der Waals surface area contributed by atoms with Gasteiger partial charge in [-0.3, -0.25) is 4.99 Å². The van der Waals surface area contributed by atoms with Gasteiger partial charge in [0.05, 0.1) is 15.5 Å². The van der Waals surface area contributed by atoms with Crippen LogP contribution in [0.4, 0.5) is 0 Å². The lowest BCUT2D eigenvalue weighted by molar-refractivity contribution is 0.171. The van der Waals surface area contributed by atoms with Crippen LogP contribution < -0.4 is 14.8 Å². The van der Waals surface area contributed by atoms with Crippen molar-refractivity contribution in [1.82, 2.24) is 10.2 Å². The third kappa shape index (κ3) is 4.96. The molecule has 7 nitrogen and oxygen atoms in total. The Morgan fingerprint density at radius 2 is 2.04 bits per heavy atom. The molecule has 0 bridgehead atoms. The predicted octanol–water partition coefficient (Wildman–Crippen LogP) is 2.36. The highest BCUT2D eigenvalue weighted by Crippen LogP contribution is 2.38. The summed E-state index contributed by atoms with van der Waals surface area (Å²) < 4.78 is 34.7. The van der Waals surface area contributed by atoms with Crippen LogP contribution >= 0.6 is 35.6 Å². The molecular weight excluding hydrogens is 517 g/mol. The molecule has 3 rings (SSSR count). The minimum absolute atomic E-state index is 0. The van der Waals surface area contributed by atoms with Crippen LogP contribution in [0.2, 0.25) is 5.02 Å². The summed E-state index contributed by atoms with van der Waals surface area (Å²) in [5, 5.41) is 3.87. The van der Waals surface area contributed by atoms with Crippen molar-refractivity contribution < 1.29 is 17.9 Å². The summed E-state index contributed by atoms with van der Waals surface area (Å²) >= 11 is 6.28. The van der Waals surface area contributed by atoms with E-state index < -0.39 is 14.6 Å². The smallest absolute Gasteiger partial charge is 0.193 e. The maximum Gasteiger partial charge on any atom is 0.193 e. The standard InChI is InChI=1S/C18H26ClN3O4S.HI/c1-18(2)12-22(6-9-27(18,23)24)17(20-3)21-5-4-13-10-14(19)16-15(11-13)25-7-8-26-16;/h10-11H,4-9,12H2,1-3H3,(H,20,21);1H. The van der Waals surface area contributed by atoms with E-state index in [2.05, 4.69) is 10.3 Å². The Morgan fingerprint density at radius 3 is 2.71 bits per heavy atom. The number of aliphatic imine (C=N–C) groups is 1. The van der Waals surface area contributed by atoms with Gasteiger partial charge >= 0.3 is 0 Å². The molecule has 0 atom stereocenters. The molecular formula is C18H27ClIN3O4S. The van der Waals surface area contributed by atoms with Crippen LogP contribution in [-0.4, -0.2) is 69.7 Å². The summed E-state index contributed by atoms with van der Waals surface area (Å²) in [4.78, 5) is 6.31. The topological polar surface area (TPSA) is 80.2 Å². The number of benzene rings is 1. The fourth-order valence-corrected chi connectivity index (χ4v) is 4.94. The number of sulfone groups is 1. The number of hydrogen-bond donors (Lipinski definition) is 1. The van der Waals surface area contributed by atoms with Crippen LogP contribution in [0, 0.1) is 0 Å². The van der Waals surface area contributed by atoms with Crippen LogP contribution in [-0.2, 0) is 16.3 Å². The number of rotatable bonds is 3. The molecule has 28 heavy (non-hydrogen) atoms. The largest absolute Gasteiger partial charge is 0.486 e. The van der Waals surface area contributed by atoms with E-state index in [0.29, 0.717) is 55.3 Å². The molecule has 2 aliphatic rings. The first-order valence-electron chi connectivity index (χ1n) is 8.99. The molecule has 1 saturated heterocycles. The van der Waals surface area contributed by atoms with E-state index in [1.54, 1.807) is 20.9 Å². The van der Waals surface area contributed by atoms with Gasteiger partial charge < -0.3 is 19.7 Å². The second-order valence-electron chi connectivity index (χ2n) is 7.33. The molecule has 0 amide bonds. The Morgan fingerprint density at radius 1 is 1.32 bits per heavy atom. The number of halogens is 2. The Bertz CT molecular complexity index is 845. The Balaban J connectivity index is 0.00000280. The number of hydrogen-bond acceptors (Lipinski definition) is 5. The van der Waals surface area contributed by atoms with E-state index in [0.717, 1.165) is 12.0 Å². The molecule has 0 spiro atoms. The van der Waals surface area contributed by atoms with Crippen molar-refractivity contribution in [2.45, 2.75) is 25.0 Å². The van der Waals surface area contributed by atoms with E-state index in [-0.39, 0.29) is 29.7 Å². The first kappa shape index (κ1) is 23.3. The van der Waals surface area contributed by atoms with Gasteiger partial charge in [-0.2, -0.15) is 0 Å². The zero-order valence-corrected chi connectivity index (χ0v) is 20.2. The second-order valence-corrected chi connectivity index (χ2v) is 10.5. The molecule has 0 aliphatic carbocycles. The predicted molar refractivity (Wildman–Crippen MR) is 122 cm³/mol. The van der Waals surface area contributed by atoms with Crippen molar-refractivity contribution in [3.63, 3.8) is 0 Å². The molecule has 1 fully saturated rings. The highest BCUT2D eigenvalue weighted by Gasteiger charge is 2.40. The quantitative estimate of drug-likeness (QED) is 0.358. The zero-order chi connectivity index (χ0) is 19.7. The van der Waals surface area contributed by atoms with Gasteiger partial charge in [0.2, 0.25) is 0 Å². The molecule has 0 unspecified atom stereocenters. The highest BCUT2D eigenvalue weighted by molar-refractivity contribution is 14.0. The molecule has 0 saturated carbocycles. The summed E-state index contributed by atoms with van der Waals surface area (Å²) in [5.41, 5.74) is 1.04. The van der Waals surface area contributed by atoms with E-state index in [9.17, 15) is 8.42 Å². The monoisotopic (exact) mass is 543 g/mol. The minimum atomic E-state index is -3.08.